The van der Waals surface area contributed by atoms with Crippen molar-refractivity contribution in [1.29, 1.82) is 0 Å². The summed E-state index contributed by atoms with van der Waals surface area (Å²) in [6.07, 6.45) is 7.35. The molecule has 1 heteroatoms. The van der Waals surface area contributed by atoms with Gasteiger partial charge >= 0.3 is 0 Å². The third-order valence-corrected chi connectivity index (χ3v) is 5.01. The summed E-state index contributed by atoms with van der Waals surface area (Å²) in [6, 6.07) is 0. The number of allylic oxidation sites excluding steroid dienone is 1. The van der Waals surface area contributed by atoms with Crippen molar-refractivity contribution in [3.05, 3.63) is 12.2 Å². The van der Waals surface area contributed by atoms with Crippen LogP contribution >= 0.6 is 0 Å². The second-order valence-corrected chi connectivity index (χ2v) is 6.28. The molecule has 16 heavy (non-hydrogen) atoms. The summed E-state index contributed by atoms with van der Waals surface area (Å²) in [5.41, 5.74) is 0.477. The van der Waals surface area contributed by atoms with E-state index >= 15 is 0 Å². The molecule has 0 radical (unpaired) electrons. The van der Waals surface area contributed by atoms with Gasteiger partial charge in [-0.2, -0.15) is 0 Å². The van der Waals surface area contributed by atoms with Crippen LogP contribution in [0.3, 0.4) is 0 Å². The SMILES string of the molecule is CC(C)C1(C(C)C)CC2C=CCC1COC2. The van der Waals surface area contributed by atoms with E-state index in [1.807, 2.05) is 0 Å². The summed E-state index contributed by atoms with van der Waals surface area (Å²) in [4.78, 5) is 0. The molecule has 1 fully saturated rings. The second kappa shape index (κ2) is 4.52. The second-order valence-electron chi connectivity index (χ2n) is 6.28. The molecule has 0 N–H and O–H groups in total. The molecule has 0 amide bonds. The van der Waals surface area contributed by atoms with Crippen LogP contribution in [-0.4, -0.2) is 13.2 Å². The molecule has 0 aromatic carbocycles. The van der Waals surface area contributed by atoms with Gasteiger partial charge in [0.2, 0.25) is 0 Å². The average molecular weight is 222 g/mol. The Kier molecular flexibility index (Phi) is 3.44. The smallest absolute Gasteiger partial charge is 0.0529 e. The van der Waals surface area contributed by atoms with Crippen molar-refractivity contribution in [3.63, 3.8) is 0 Å². The Balaban J connectivity index is 2.37. The maximum Gasteiger partial charge on any atom is 0.0529 e. The zero-order valence-corrected chi connectivity index (χ0v) is 11.2. The monoisotopic (exact) mass is 222 g/mol. The van der Waals surface area contributed by atoms with E-state index in [4.69, 9.17) is 4.74 Å². The molecule has 92 valence electrons. The van der Waals surface area contributed by atoms with E-state index in [9.17, 15) is 0 Å². The summed E-state index contributed by atoms with van der Waals surface area (Å²) in [5.74, 6) is 2.87. The first-order chi connectivity index (χ1) is 7.57. The lowest BCUT2D eigenvalue weighted by Gasteiger charge is -2.46. The first kappa shape index (κ1) is 12.2. The van der Waals surface area contributed by atoms with Crippen LogP contribution in [0.1, 0.15) is 40.5 Å². The fraction of sp³-hybridized carbons (Fsp3) is 0.867. The van der Waals surface area contributed by atoms with E-state index in [0.29, 0.717) is 11.3 Å². The van der Waals surface area contributed by atoms with Gasteiger partial charge in [0.25, 0.3) is 0 Å². The Morgan fingerprint density at radius 2 is 1.81 bits per heavy atom. The Hall–Kier alpha value is -0.300. The highest BCUT2D eigenvalue weighted by Crippen LogP contribution is 2.52. The molecule has 1 saturated heterocycles. The molecule has 1 nitrogen and oxygen atoms in total. The summed E-state index contributed by atoms with van der Waals surface area (Å²) in [7, 11) is 0. The van der Waals surface area contributed by atoms with Crippen molar-refractivity contribution < 1.29 is 4.74 Å². The van der Waals surface area contributed by atoms with Crippen molar-refractivity contribution in [1.82, 2.24) is 0 Å². The zero-order chi connectivity index (χ0) is 11.8. The third kappa shape index (κ3) is 1.84. The minimum atomic E-state index is 0.477. The molecular weight excluding hydrogens is 196 g/mol. The van der Waals surface area contributed by atoms with Crippen molar-refractivity contribution in [3.8, 4) is 0 Å². The van der Waals surface area contributed by atoms with Gasteiger partial charge in [-0.1, -0.05) is 39.8 Å². The van der Waals surface area contributed by atoms with Crippen LogP contribution in [0.15, 0.2) is 12.2 Å². The van der Waals surface area contributed by atoms with Crippen LogP contribution in [0.2, 0.25) is 0 Å². The van der Waals surface area contributed by atoms with Gasteiger partial charge in [-0.05, 0) is 36.0 Å². The van der Waals surface area contributed by atoms with E-state index in [2.05, 4.69) is 39.8 Å². The van der Waals surface area contributed by atoms with Crippen LogP contribution in [0.4, 0.5) is 0 Å². The predicted molar refractivity (Wildman–Crippen MR) is 68.3 cm³/mol. The quantitative estimate of drug-likeness (QED) is 0.644. The molecule has 2 aliphatic rings. The third-order valence-electron chi connectivity index (χ3n) is 5.01. The van der Waals surface area contributed by atoms with Gasteiger partial charge in [-0.3, -0.25) is 0 Å². The summed E-state index contributed by atoms with van der Waals surface area (Å²) in [5, 5.41) is 0. The fourth-order valence-electron chi connectivity index (χ4n) is 4.12. The van der Waals surface area contributed by atoms with Crippen molar-refractivity contribution >= 4 is 0 Å². The van der Waals surface area contributed by atoms with Crippen molar-refractivity contribution in [2.45, 2.75) is 40.5 Å². The molecule has 0 aromatic rings. The molecular formula is C15H26O. The normalized spacial score (nSPS) is 33.1. The molecule has 1 aliphatic heterocycles. The maximum atomic E-state index is 5.87. The number of ether oxygens (including phenoxy) is 1. The highest BCUT2D eigenvalue weighted by Gasteiger charge is 2.47. The minimum Gasteiger partial charge on any atom is -0.381 e. The molecule has 2 unspecified atom stereocenters. The lowest BCUT2D eigenvalue weighted by atomic mass is 9.58. The van der Waals surface area contributed by atoms with Gasteiger partial charge in [-0.15, -0.1) is 0 Å². The first-order valence-electron chi connectivity index (χ1n) is 6.81. The molecule has 2 atom stereocenters. The number of rotatable bonds is 2. The van der Waals surface area contributed by atoms with E-state index in [1.165, 1.54) is 12.8 Å². The standard InChI is InChI=1S/C15H26O/c1-11(2)15(12(3)4)8-13-6-5-7-14(15)10-16-9-13/h5-6,11-14H,7-10H2,1-4H3. The Morgan fingerprint density at radius 3 is 2.44 bits per heavy atom. The summed E-state index contributed by atoms with van der Waals surface area (Å²) >= 11 is 0. The maximum absolute atomic E-state index is 5.87. The van der Waals surface area contributed by atoms with E-state index in [-0.39, 0.29) is 0 Å². The number of hydrogen-bond acceptors (Lipinski definition) is 1. The molecule has 0 spiro atoms. The van der Waals surface area contributed by atoms with Gasteiger partial charge in [-0.25, -0.2) is 0 Å². The zero-order valence-electron chi connectivity index (χ0n) is 11.2. The number of hydrogen-bond donors (Lipinski definition) is 0. The molecule has 2 bridgehead atoms. The highest BCUT2D eigenvalue weighted by molar-refractivity contribution is 5.05. The Morgan fingerprint density at radius 1 is 1.12 bits per heavy atom. The van der Waals surface area contributed by atoms with Crippen LogP contribution in [0.25, 0.3) is 0 Å². The van der Waals surface area contributed by atoms with Crippen LogP contribution in [-0.2, 0) is 4.74 Å². The molecule has 0 aromatic heterocycles. The van der Waals surface area contributed by atoms with Crippen molar-refractivity contribution in [2.24, 2.45) is 29.1 Å². The van der Waals surface area contributed by atoms with Gasteiger partial charge < -0.3 is 4.74 Å². The minimum absolute atomic E-state index is 0.477. The predicted octanol–water partition coefficient (Wildman–Crippen LogP) is 3.90. The van der Waals surface area contributed by atoms with Gasteiger partial charge in [0.1, 0.15) is 0 Å². The largest absolute Gasteiger partial charge is 0.381 e. The molecule has 1 aliphatic carbocycles. The molecule has 2 rings (SSSR count). The lowest BCUT2D eigenvalue weighted by molar-refractivity contribution is 0.00148. The van der Waals surface area contributed by atoms with E-state index in [1.54, 1.807) is 0 Å². The van der Waals surface area contributed by atoms with Gasteiger partial charge in [0.05, 0.1) is 13.2 Å². The van der Waals surface area contributed by atoms with E-state index in [0.717, 1.165) is 31.0 Å². The van der Waals surface area contributed by atoms with Gasteiger partial charge in [0, 0.05) is 5.92 Å². The Labute approximate surface area is 100 Å². The van der Waals surface area contributed by atoms with Crippen LogP contribution in [0, 0.1) is 29.1 Å². The van der Waals surface area contributed by atoms with Crippen molar-refractivity contribution in [2.75, 3.05) is 13.2 Å². The summed E-state index contributed by atoms with van der Waals surface area (Å²) in [6.45, 7) is 11.5. The van der Waals surface area contributed by atoms with Gasteiger partial charge in [0.15, 0.2) is 0 Å². The highest BCUT2D eigenvalue weighted by atomic mass is 16.5. The molecule has 0 saturated carbocycles. The fourth-order valence-corrected chi connectivity index (χ4v) is 4.12. The molecule has 1 heterocycles. The summed E-state index contributed by atoms with van der Waals surface area (Å²) < 4.78 is 5.87. The van der Waals surface area contributed by atoms with Crippen LogP contribution in [0.5, 0.6) is 0 Å². The van der Waals surface area contributed by atoms with E-state index < -0.39 is 0 Å². The topological polar surface area (TPSA) is 9.23 Å². The first-order valence-corrected chi connectivity index (χ1v) is 6.81. The number of fused-ring (bicyclic) bond motifs is 3. The lowest BCUT2D eigenvalue weighted by Crippen LogP contribution is -2.41. The average Bonchev–Trinajstić information content (AvgIpc) is 2.44. The Bertz CT molecular complexity index is 257. The van der Waals surface area contributed by atoms with Crippen LogP contribution < -0.4 is 0 Å².